The number of allylic oxidation sites excluding steroid dienone is 1. The summed E-state index contributed by atoms with van der Waals surface area (Å²) in [6.07, 6.45) is 0.714. The molecule has 6 heteroatoms. The minimum absolute atomic E-state index is 0.284. The zero-order valence-corrected chi connectivity index (χ0v) is 14.9. The highest BCUT2D eigenvalue weighted by atomic mass is 19.1. The van der Waals surface area contributed by atoms with Crippen molar-refractivity contribution in [3.05, 3.63) is 58.2 Å². The predicted molar refractivity (Wildman–Crippen MR) is 93.8 cm³/mol. The molecule has 3 rings (SSSR count). The van der Waals surface area contributed by atoms with Gasteiger partial charge in [0.1, 0.15) is 11.6 Å². The average molecular weight is 343 g/mol. The standard InChI is InChI=1S/C19H22FN3O2/c1-5-14-17-16(12-8-7-9-13(20)10-12)15(19(24)25-6-2)11(3)21-18(17)23(4)22-14/h7-10,16,21H,5-6H2,1-4H3. The number of ether oxygens (including phenoxy) is 1. The molecule has 25 heavy (non-hydrogen) atoms. The first-order chi connectivity index (χ1) is 12.0. The molecular weight excluding hydrogens is 321 g/mol. The van der Waals surface area contributed by atoms with Crippen LogP contribution in [0.25, 0.3) is 0 Å². The fourth-order valence-corrected chi connectivity index (χ4v) is 3.41. The topological polar surface area (TPSA) is 56.1 Å². The van der Waals surface area contributed by atoms with Gasteiger partial charge in [-0.15, -0.1) is 0 Å². The van der Waals surface area contributed by atoms with Crippen molar-refractivity contribution >= 4 is 11.8 Å². The van der Waals surface area contributed by atoms with Crippen LogP contribution in [0, 0.1) is 5.82 Å². The van der Waals surface area contributed by atoms with Gasteiger partial charge in [0.05, 0.1) is 17.9 Å². The highest BCUT2D eigenvalue weighted by Crippen LogP contribution is 2.44. The lowest BCUT2D eigenvalue weighted by atomic mass is 9.81. The van der Waals surface area contributed by atoms with Crippen LogP contribution in [0.3, 0.4) is 0 Å². The van der Waals surface area contributed by atoms with E-state index in [1.54, 1.807) is 17.7 Å². The molecule has 0 saturated carbocycles. The molecule has 0 radical (unpaired) electrons. The molecule has 5 nitrogen and oxygen atoms in total. The molecule has 132 valence electrons. The van der Waals surface area contributed by atoms with E-state index in [1.165, 1.54) is 12.1 Å². The first kappa shape index (κ1) is 17.2. The zero-order chi connectivity index (χ0) is 18.1. The van der Waals surface area contributed by atoms with Crippen molar-refractivity contribution in [3.8, 4) is 0 Å². The van der Waals surface area contributed by atoms with E-state index >= 15 is 0 Å². The molecule has 1 N–H and O–H groups in total. The van der Waals surface area contributed by atoms with Crippen LogP contribution in [0.2, 0.25) is 0 Å². The molecule has 2 heterocycles. The van der Waals surface area contributed by atoms with Crippen molar-refractivity contribution in [2.75, 3.05) is 11.9 Å². The molecule has 0 amide bonds. The number of aryl methyl sites for hydroxylation is 2. The molecule has 1 aromatic heterocycles. The Kier molecular flexibility index (Phi) is 4.61. The Bertz CT molecular complexity index is 854. The summed E-state index contributed by atoms with van der Waals surface area (Å²) in [4.78, 5) is 12.7. The molecular formula is C19H22FN3O2. The second kappa shape index (κ2) is 6.70. The fourth-order valence-electron chi connectivity index (χ4n) is 3.41. The van der Waals surface area contributed by atoms with Gasteiger partial charge in [-0.3, -0.25) is 4.68 Å². The highest BCUT2D eigenvalue weighted by molar-refractivity contribution is 5.94. The van der Waals surface area contributed by atoms with E-state index in [2.05, 4.69) is 10.4 Å². The monoisotopic (exact) mass is 343 g/mol. The number of esters is 1. The summed E-state index contributed by atoms with van der Waals surface area (Å²) >= 11 is 0. The van der Waals surface area contributed by atoms with Crippen LogP contribution in [-0.4, -0.2) is 22.4 Å². The maximum atomic E-state index is 13.9. The van der Waals surface area contributed by atoms with Crippen LogP contribution in [0.5, 0.6) is 0 Å². The van der Waals surface area contributed by atoms with Gasteiger partial charge in [0.15, 0.2) is 0 Å². The van der Waals surface area contributed by atoms with Crippen LogP contribution in [0.4, 0.5) is 10.2 Å². The van der Waals surface area contributed by atoms with Gasteiger partial charge in [0.2, 0.25) is 0 Å². The molecule has 0 saturated heterocycles. The number of carbonyl (C=O) groups excluding carboxylic acids is 1. The largest absolute Gasteiger partial charge is 0.463 e. The zero-order valence-electron chi connectivity index (χ0n) is 14.9. The number of benzene rings is 1. The number of hydrogen-bond donors (Lipinski definition) is 1. The number of halogens is 1. The van der Waals surface area contributed by atoms with Gasteiger partial charge in [-0.05, 0) is 38.0 Å². The molecule has 0 fully saturated rings. The van der Waals surface area contributed by atoms with Crippen molar-refractivity contribution in [1.82, 2.24) is 9.78 Å². The minimum Gasteiger partial charge on any atom is -0.463 e. The van der Waals surface area contributed by atoms with Gasteiger partial charge in [-0.1, -0.05) is 19.1 Å². The normalized spacial score (nSPS) is 16.4. The van der Waals surface area contributed by atoms with Crippen LogP contribution >= 0.6 is 0 Å². The number of nitrogens with zero attached hydrogens (tertiary/aromatic N) is 2. The van der Waals surface area contributed by atoms with Crippen molar-refractivity contribution in [2.45, 2.75) is 33.1 Å². The van der Waals surface area contributed by atoms with Gasteiger partial charge >= 0.3 is 5.97 Å². The van der Waals surface area contributed by atoms with Crippen LogP contribution in [-0.2, 0) is 23.0 Å². The SMILES string of the molecule is CCOC(=O)C1=C(C)Nc2c(c(CC)nn2C)C1c1cccc(F)c1. The Hall–Kier alpha value is -2.63. The van der Waals surface area contributed by atoms with E-state index in [0.29, 0.717) is 23.3 Å². The first-order valence-corrected chi connectivity index (χ1v) is 8.44. The van der Waals surface area contributed by atoms with E-state index < -0.39 is 11.9 Å². The molecule has 0 spiro atoms. The summed E-state index contributed by atoms with van der Waals surface area (Å²) in [5, 5.41) is 7.84. The Morgan fingerprint density at radius 1 is 1.40 bits per heavy atom. The molecule has 1 aliphatic heterocycles. The van der Waals surface area contributed by atoms with Crippen LogP contribution in [0.1, 0.15) is 43.5 Å². The van der Waals surface area contributed by atoms with Gasteiger partial charge in [-0.25, -0.2) is 9.18 Å². The van der Waals surface area contributed by atoms with Crippen molar-refractivity contribution in [2.24, 2.45) is 7.05 Å². The smallest absolute Gasteiger partial charge is 0.336 e. The second-order valence-corrected chi connectivity index (χ2v) is 6.06. The van der Waals surface area contributed by atoms with E-state index in [-0.39, 0.29) is 12.4 Å². The number of rotatable bonds is 4. The first-order valence-electron chi connectivity index (χ1n) is 8.44. The third-order valence-electron chi connectivity index (χ3n) is 4.46. The van der Waals surface area contributed by atoms with E-state index in [9.17, 15) is 9.18 Å². The lowest BCUT2D eigenvalue weighted by molar-refractivity contribution is -0.138. The fraction of sp³-hybridized carbons (Fsp3) is 0.368. The number of aromatic nitrogens is 2. The quantitative estimate of drug-likeness (QED) is 0.863. The minimum atomic E-state index is -0.408. The summed E-state index contributed by atoms with van der Waals surface area (Å²) in [6.45, 7) is 5.90. The van der Waals surface area contributed by atoms with Crippen molar-refractivity contribution in [3.63, 3.8) is 0 Å². The maximum Gasteiger partial charge on any atom is 0.336 e. The van der Waals surface area contributed by atoms with Crippen LogP contribution < -0.4 is 5.32 Å². The maximum absolute atomic E-state index is 13.9. The third-order valence-corrected chi connectivity index (χ3v) is 4.46. The Morgan fingerprint density at radius 2 is 2.16 bits per heavy atom. The molecule has 1 unspecified atom stereocenters. The molecule has 0 bridgehead atoms. The van der Waals surface area contributed by atoms with E-state index in [0.717, 1.165) is 17.1 Å². The number of hydrogen-bond acceptors (Lipinski definition) is 4. The van der Waals surface area contributed by atoms with Crippen molar-refractivity contribution in [1.29, 1.82) is 0 Å². The van der Waals surface area contributed by atoms with Gasteiger partial charge in [-0.2, -0.15) is 5.10 Å². The number of anilines is 1. The highest BCUT2D eigenvalue weighted by Gasteiger charge is 2.37. The predicted octanol–water partition coefficient (Wildman–Crippen LogP) is 3.52. The Balaban J connectivity index is 2.25. The molecule has 1 atom stereocenters. The summed E-state index contributed by atoms with van der Waals surface area (Å²) in [5.41, 5.74) is 3.71. The Labute approximate surface area is 146 Å². The number of fused-ring (bicyclic) bond motifs is 1. The van der Waals surface area contributed by atoms with E-state index in [1.807, 2.05) is 27.0 Å². The molecule has 0 aliphatic carbocycles. The van der Waals surface area contributed by atoms with Crippen LogP contribution in [0.15, 0.2) is 35.5 Å². The molecule has 1 aliphatic rings. The van der Waals surface area contributed by atoms with Crippen molar-refractivity contribution < 1.29 is 13.9 Å². The molecule has 2 aromatic rings. The lowest BCUT2D eigenvalue weighted by Crippen LogP contribution is -2.25. The summed E-state index contributed by atoms with van der Waals surface area (Å²) < 4.78 is 20.9. The average Bonchev–Trinajstić information content (AvgIpc) is 2.89. The summed E-state index contributed by atoms with van der Waals surface area (Å²) in [6, 6.07) is 6.36. The second-order valence-electron chi connectivity index (χ2n) is 6.06. The summed E-state index contributed by atoms with van der Waals surface area (Å²) in [7, 11) is 1.86. The van der Waals surface area contributed by atoms with Gasteiger partial charge in [0.25, 0.3) is 0 Å². The lowest BCUT2D eigenvalue weighted by Gasteiger charge is -2.28. The van der Waals surface area contributed by atoms with Gasteiger partial charge in [0, 0.05) is 24.2 Å². The summed E-state index contributed by atoms with van der Waals surface area (Å²) in [5.74, 6) is -0.301. The third kappa shape index (κ3) is 2.92. The Morgan fingerprint density at radius 3 is 2.80 bits per heavy atom. The van der Waals surface area contributed by atoms with Gasteiger partial charge < -0.3 is 10.1 Å². The number of carbonyl (C=O) groups is 1. The van der Waals surface area contributed by atoms with E-state index in [4.69, 9.17) is 4.74 Å². The number of nitrogens with one attached hydrogen (secondary N) is 1. The molecule has 1 aromatic carbocycles.